The SMILES string of the molecule is COc1ccc(C2NCCC3(O)CCCCC23)cc1. The molecule has 104 valence electrons. The van der Waals surface area contributed by atoms with Gasteiger partial charge in [0.1, 0.15) is 5.75 Å². The molecule has 19 heavy (non-hydrogen) atoms. The van der Waals surface area contributed by atoms with Gasteiger partial charge in [-0.05, 0) is 43.5 Å². The molecule has 2 N–H and O–H groups in total. The van der Waals surface area contributed by atoms with Crippen LogP contribution < -0.4 is 10.1 Å². The molecule has 1 heterocycles. The van der Waals surface area contributed by atoms with Crippen molar-refractivity contribution in [3.8, 4) is 5.75 Å². The number of aliphatic hydroxyl groups is 1. The van der Waals surface area contributed by atoms with E-state index in [1.165, 1.54) is 18.4 Å². The van der Waals surface area contributed by atoms with Crippen LogP contribution in [0.15, 0.2) is 24.3 Å². The van der Waals surface area contributed by atoms with Crippen molar-refractivity contribution >= 4 is 0 Å². The quantitative estimate of drug-likeness (QED) is 0.860. The molecule has 0 amide bonds. The fourth-order valence-electron chi connectivity index (χ4n) is 3.78. The zero-order chi connectivity index (χ0) is 13.3. The molecule has 1 aliphatic heterocycles. The highest BCUT2D eigenvalue weighted by atomic mass is 16.5. The molecule has 1 aliphatic carbocycles. The first kappa shape index (κ1) is 12.9. The van der Waals surface area contributed by atoms with E-state index in [0.29, 0.717) is 5.92 Å². The van der Waals surface area contributed by atoms with Gasteiger partial charge in [0, 0.05) is 12.0 Å². The summed E-state index contributed by atoms with van der Waals surface area (Å²) in [6.45, 7) is 0.906. The summed E-state index contributed by atoms with van der Waals surface area (Å²) in [5.74, 6) is 1.24. The van der Waals surface area contributed by atoms with Crippen molar-refractivity contribution in [1.29, 1.82) is 0 Å². The van der Waals surface area contributed by atoms with E-state index in [9.17, 15) is 5.11 Å². The van der Waals surface area contributed by atoms with Crippen LogP contribution in [0, 0.1) is 5.92 Å². The van der Waals surface area contributed by atoms with Gasteiger partial charge in [-0.25, -0.2) is 0 Å². The monoisotopic (exact) mass is 261 g/mol. The van der Waals surface area contributed by atoms with Gasteiger partial charge in [-0.2, -0.15) is 0 Å². The molecule has 3 heteroatoms. The Morgan fingerprint density at radius 1 is 1.21 bits per heavy atom. The second-order valence-corrected chi connectivity index (χ2v) is 5.91. The normalized spacial score (nSPS) is 34.6. The van der Waals surface area contributed by atoms with Gasteiger partial charge >= 0.3 is 0 Å². The minimum Gasteiger partial charge on any atom is -0.497 e. The van der Waals surface area contributed by atoms with Crippen LogP contribution in [0.2, 0.25) is 0 Å². The Hall–Kier alpha value is -1.06. The highest BCUT2D eigenvalue weighted by Crippen LogP contribution is 2.45. The number of rotatable bonds is 2. The van der Waals surface area contributed by atoms with Crippen molar-refractivity contribution in [2.75, 3.05) is 13.7 Å². The Balaban J connectivity index is 1.85. The van der Waals surface area contributed by atoms with E-state index in [0.717, 1.165) is 31.6 Å². The lowest BCUT2D eigenvalue weighted by Gasteiger charge is -2.48. The third kappa shape index (κ3) is 2.37. The van der Waals surface area contributed by atoms with E-state index in [-0.39, 0.29) is 6.04 Å². The Morgan fingerprint density at radius 3 is 2.74 bits per heavy atom. The highest BCUT2D eigenvalue weighted by Gasteiger charge is 2.45. The number of benzene rings is 1. The standard InChI is InChI=1S/C16H23NO2/c1-19-13-7-5-12(6-8-13)15-14-4-2-3-9-16(14,18)10-11-17-15/h5-8,14-15,17-18H,2-4,9-11H2,1H3. The van der Waals surface area contributed by atoms with E-state index >= 15 is 0 Å². The van der Waals surface area contributed by atoms with Crippen molar-refractivity contribution in [3.63, 3.8) is 0 Å². The minimum absolute atomic E-state index is 0.282. The number of hydrogen-bond acceptors (Lipinski definition) is 3. The zero-order valence-corrected chi connectivity index (χ0v) is 11.6. The van der Waals surface area contributed by atoms with Crippen molar-refractivity contribution in [2.45, 2.75) is 43.7 Å². The van der Waals surface area contributed by atoms with Gasteiger partial charge in [-0.15, -0.1) is 0 Å². The van der Waals surface area contributed by atoms with E-state index in [1.54, 1.807) is 7.11 Å². The van der Waals surface area contributed by atoms with Crippen LogP contribution in [0.1, 0.15) is 43.7 Å². The predicted molar refractivity (Wildman–Crippen MR) is 75.3 cm³/mol. The summed E-state index contributed by atoms with van der Waals surface area (Å²) in [7, 11) is 1.69. The van der Waals surface area contributed by atoms with Gasteiger partial charge < -0.3 is 15.2 Å². The van der Waals surface area contributed by atoms with E-state index in [4.69, 9.17) is 4.74 Å². The molecule has 0 bridgehead atoms. The van der Waals surface area contributed by atoms with Gasteiger partial charge in [0.25, 0.3) is 0 Å². The topological polar surface area (TPSA) is 41.5 Å². The van der Waals surface area contributed by atoms with Crippen LogP contribution in [0.4, 0.5) is 0 Å². The molecule has 2 fully saturated rings. The smallest absolute Gasteiger partial charge is 0.118 e. The largest absolute Gasteiger partial charge is 0.497 e. The average Bonchev–Trinajstić information content (AvgIpc) is 2.46. The molecule has 2 aliphatic rings. The molecule has 3 rings (SSSR count). The van der Waals surface area contributed by atoms with Crippen LogP contribution in [-0.2, 0) is 0 Å². The van der Waals surface area contributed by atoms with Crippen LogP contribution >= 0.6 is 0 Å². The lowest BCUT2D eigenvalue weighted by Crippen LogP contribution is -2.53. The van der Waals surface area contributed by atoms with Crippen molar-refractivity contribution in [2.24, 2.45) is 5.92 Å². The molecule has 1 saturated carbocycles. The number of nitrogens with one attached hydrogen (secondary N) is 1. The Bertz CT molecular complexity index is 427. The van der Waals surface area contributed by atoms with Crippen LogP contribution in [0.3, 0.4) is 0 Å². The Labute approximate surface area is 115 Å². The van der Waals surface area contributed by atoms with Gasteiger partial charge in [0.15, 0.2) is 0 Å². The lowest BCUT2D eigenvalue weighted by molar-refractivity contribution is -0.0861. The maximum atomic E-state index is 10.9. The number of piperidine rings is 1. The highest BCUT2D eigenvalue weighted by molar-refractivity contribution is 5.30. The number of hydrogen-bond donors (Lipinski definition) is 2. The van der Waals surface area contributed by atoms with Crippen LogP contribution in [0.25, 0.3) is 0 Å². The summed E-state index contributed by atoms with van der Waals surface area (Å²) in [6, 6.07) is 8.54. The van der Waals surface area contributed by atoms with Crippen molar-refractivity contribution in [1.82, 2.24) is 5.32 Å². The first-order valence-corrected chi connectivity index (χ1v) is 7.33. The first-order chi connectivity index (χ1) is 9.23. The predicted octanol–water partition coefficient (Wildman–Crippen LogP) is 2.65. The summed E-state index contributed by atoms with van der Waals surface area (Å²) < 4.78 is 5.21. The fourth-order valence-corrected chi connectivity index (χ4v) is 3.78. The zero-order valence-electron chi connectivity index (χ0n) is 11.6. The molecule has 3 nitrogen and oxygen atoms in total. The Morgan fingerprint density at radius 2 is 2.00 bits per heavy atom. The second kappa shape index (κ2) is 5.14. The summed E-state index contributed by atoms with van der Waals surface area (Å²) in [4.78, 5) is 0. The molecule has 1 aromatic carbocycles. The Kier molecular flexibility index (Phi) is 3.50. The number of methoxy groups -OCH3 is 1. The number of fused-ring (bicyclic) bond motifs is 1. The van der Waals surface area contributed by atoms with Crippen molar-refractivity contribution < 1.29 is 9.84 Å². The summed E-state index contributed by atoms with van der Waals surface area (Å²) in [5, 5.41) is 14.5. The molecule has 0 aromatic heterocycles. The van der Waals surface area contributed by atoms with Gasteiger partial charge in [-0.3, -0.25) is 0 Å². The maximum Gasteiger partial charge on any atom is 0.118 e. The van der Waals surface area contributed by atoms with Gasteiger partial charge in [-0.1, -0.05) is 25.0 Å². The second-order valence-electron chi connectivity index (χ2n) is 5.91. The molecular formula is C16H23NO2. The maximum absolute atomic E-state index is 10.9. The van der Waals surface area contributed by atoms with Gasteiger partial charge in [0.2, 0.25) is 0 Å². The first-order valence-electron chi connectivity index (χ1n) is 7.33. The van der Waals surface area contributed by atoms with E-state index in [1.807, 2.05) is 12.1 Å². The molecule has 0 spiro atoms. The summed E-state index contributed by atoms with van der Waals surface area (Å²) in [5.41, 5.74) is 0.819. The van der Waals surface area contributed by atoms with Crippen LogP contribution in [0.5, 0.6) is 5.75 Å². The fraction of sp³-hybridized carbons (Fsp3) is 0.625. The lowest BCUT2D eigenvalue weighted by atomic mass is 9.67. The third-order valence-electron chi connectivity index (χ3n) is 4.86. The van der Waals surface area contributed by atoms with Crippen molar-refractivity contribution in [3.05, 3.63) is 29.8 Å². The van der Waals surface area contributed by atoms with Gasteiger partial charge in [0.05, 0.1) is 12.7 Å². The van der Waals surface area contributed by atoms with Crippen LogP contribution in [-0.4, -0.2) is 24.4 Å². The summed E-state index contributed by atoms with van der Waals surface area (Å²) in [6.07, 6.45) is 5.39. The molecule has 0 radical (unpaired) electrons. The van der Waals surface area contributed by atoms with E-state index < -0.39 is 5.60 Å². The number of ether oxygens (including phenoxy) is 1. The third-order valence-corrected chi connectivity index (χ3v) is 4.86. The molecular weight excluding hydrogens is 238 g/mol. The minimum atomic E-state index is -0.450. The molecule has 1 aromatic rings. The molecule has 1 saturated heterocycles. The summed E-state index contributed by atoms with van der Waals surface area (Å²) >= 11 is 0. The molecule has 3 atom stereocenters. The molecule has 3 unspecified atom stereocenters. The average molecular weight is 261 g/mol. The van der Waals surface area contributed by atoms with E-state index in [2.05, 4.69) is 17.4 Å².